The van der Waals surface area contributed by atoms with Crippen molar-refractivity contribution in [2.24, 2.45) is 0 Å². The molecular weight excluding hydrogens is 297 g/mol. The van der Waals surface area contributed by atoms with Crippen LogP contribution in [-0.2, 0) is 0 Å². The fourth-order valence-corrected chi connectivity index (χ4v) is 2.44. The number of carbonyl (C=O) groups is 1. The maximum atomic E-state index is 13.8. The van der Waals surface area contributed by atoms with Crippen LogP contribution >= 0.6 is 0 Å². The number of rotatable bonds is 6. The topological polar surface area (TPSA) is 69.6 Å². The van der Waals surface area contributed by atoms with Gasteiger partial charge >= 0.3 is 0 Å². The van der Waals surface area contributed by atoms with Gasteiger partial charge in [-0.15, -0.1) is 0 Å². The van der Waals surface area contributed by atoms with Gasteiger partial charge in [-0.05, 0) is 24.1 Å². The Bertz CT molecular complexity index is 661. The first kappa shape index (κ1) is 17.0. The average molecular weight is 317 g/mol. The summed E-state index contributed by atoms with van der Waals surface area (Å²) in [6, 6.07) is 11.8. The number of hydrogen-bond donors (Lipinski definition) is 3. The lowest BCUT2D eigenvalue weighted by Crippen LogP contribution is -2.39. The van der Waals surface area contributed by atoms with Crippen LogP contribution < -0.4 is 5.32 Å². The second kappa shape index (κ2) is 7.74. The van der Waals surface area contributed by atoms with E-state index in [4.69, 9.17) is 0 Å². The lowest BCUT2D eigenvalue weighted by Gasteiger charge is -2.24. The van der Waals surface area contributed by atoms with Gasteiger partial charge < -0.3 is 15.5 Å². The molecule has 0 aliphatic heterocycles. The van der Waals surface area contributed by atoms with E-state index in [1.54, 1.807) is 12.1 Å². The summed E-state index contributed by atoms with van der Waals surface area (Å²) in [5, 5.41) is 22.4. The van der Waals surface area contributed by atoms with Crippen molar-refractivity contribution >= 4 is 5.91 Å². The number of aromatic hydroxyl groups is 1. The smallest absolute Gasteiger partial charge is 0.254 e. The van der Waals surface area contributed by atoms with E-state index in [2.05, 4.69) is 5.32 Å². The summed E-state index contributed by atoms with van der Waals surface area (Å²) in [5.74, 6) is -1.66. The molecule has 0 saturated heterocycles. The minimum atomic E-state index is -0.875. The van der Waals surface area contributed by atoms with Gasteiger partial charge in [0.1, 0.15) is 11.6 Å². The highest BCUT2D eigenvalue weighted by Crippen LogP contribution is 2.21. The average Bonchev–Trinajstić information content (AvgIpc) is 2.54. The third kappa shape index (κ3) is 4.29. The van der Waals surface area contributed by atoms with E-state index in [0.717, 1.165) is 12.5 Å². The summed E-state index contributed by atoms with van der Waals surface area (Å²) in [5.41, 5.74) is 0.529. The molecule has 0 radical (unpaired) electrons. The van der Waals surface area contributed by atoms with Gasteiger partial charge in [0, 0.05) is 6.07 Å². The summed E-state index contributed by atoms with van der Waals surface area (Å²) < 4.78 is 13.8. The Balaban J connectivity index is 2.17. The first-order valence-electron chi connectivity index (χ1n) is 7.55. The quantitative estimate of drug-likeness (QED) is 0.766. The number of nitrogens with one attached hydrogen (secondary N) is 1. The summed E-state index contributed by atoms with van der Waals surface area (Å²) in [7, 11) is 0. The summed E-state index contributed by atoms with van der Waals surface area (Å²) in [4.78, 5) is 12.3. The molecule has 23 heavy (non-hydrogen) atoms. The zero-order valence-corrected chi connectivity index (χ0v) is 12.9. The molecule has 2 aromatic rings. The lowest BCUT2D eigenvalue weighted by atomic mass is 9.98. The van der Waals surface area contributed by atoms with E-state index in [9.17, 15) is 19.4 Å². The van der Waals surface area contributed by atoms with Crippen LogP contribution in [0.3, 0.4) is 0 Å². The largest absolute Gasteiger partial charge is 0.508 e. The molecule has 0 aromatic heterocycles. The maximum absolute atomic E-state index is 13.8. The zero-order valence-electron chi connectivity index (χ0n) is 12.9. The predicted molar refractivity (Wildman–Crippen MR) is 85.6 cm³/mol. The minimum Gasteiger partial charge on any atom is -0.508 e. The van der Waals surface area contributed by atoms with Crippen LogP contribution in [-0.4, -0.2) is 22.2 Å². The molecule has 1 amide bonds. The van der Waals surface area contributed by atoms with Crippen molar-refractivity contribution in [3.05, 3.63) is 65.5 Å². The highest BCUT2D eigenvalue weighted by Gasteiger charge is 2.23. The summed E-state index contributed by atoms with van der Waals surface area (Å²) in [6.45, 7) is 1.94. The fourth-order valence-electron chi connectivity index (χ4n) is 2.44. The molecule has 4 nitrogen and oxygen atoms in total. The van der Waals surface area contributed by atoms with Gasteiger partial charge in [-0.3, -0.25) is 4.79 Å². The molecule has 0 aliphatic rings. The molecule has 2 atom stereocenters. The first-order chi connectivity index (χ1) is 11.0. The number of aliphatic hydroxyl groups excluding tert-OH is 1. The Morgan fingerprint density at radius 3 is 2.52 bits per heavy atom. The molecule has 2 aromatic carbocycles. The molecule has 5 heteroatoms. The Kier molecular flexibility index (Phi) is 5.71. The molecule has 0 heterocycles. The van der Waals surface area contributed by atoms with E-state index in [0.29, 0.717) is 12.0 Å². The van der Waals surface area contributed by atoms with Crippen molar-refractivity contribution in [2.75, 3.05) is 0 Å². The number of aliphatic hydroxyl groups is 1. The Morgan fingerprint density at radius 2 is 1.91 bits per heavy atom. The minimum absolute atomic E-state index is 0.163. The van der Waals surface area contributed by atoms with Crippen molar-refractivity contribution in [1.29, 1.82) is 0 Å². The molecule has 2 rings (SSSR count). The van der Waals surface area contributed by atoms with Crippen LogP contribution in [0.25, 0.3) is 0 Å². The van der Waals surface area contributed by atoms with Gasteiger partial charge in [0.25, 0.3) is 5.91 Å². The van der Waals surface area contributed by atoms with E-state index in [1.165, 1.54) is 12.1 Å². The van der Waals surface area contributed by atoms with Crippen molar-refractivity contribution in [1.82, 2.24) is 5.32 Å². The SMILES string of the molecule is CCC[C@@H](NC(=O)c1ccc(O)cc1F)[C@H](O)c1ccccc1. The predicted octanol–water partition coefficient (Wildman–Crippen LogP) is 3.16. The van der Waals surface area contributed by atoms with Crippen LogP contribution in [0.5, 0.6) is 5.75 Å². The van der Waals surface area contributed by atoms with Crippen LogP contribution in [0.2, 0.25) is 0 Å². The van der Waals surface area contributed by atoms with Gasteiger partial charge in [-0.25, -0.2) is 4.39 Å². The standard InChI is InChI=1S/C18H20FNO3/c1-2-6-16(17(22)12-7-4-3-5-8-12)20-18(23)14-10-9-13(21)11-15(14)19/h3-5,7-11,16-17,21-22H,2,6H2,1H3,(H,20,23)/t16-,17-/m1/s1. The van der Waals surface area contributed by atoms with Crippen LogP contribution in [0.4, 0.5) is 4.39 Å². The fraction of sp³-hybridized carbons (Fsp3) is 0.278. The van der Waals surface area contributed by atoms with Crippen LogP contribution in [0, 0.1) is 5.82 Å². The maximum Gasteiger partial charge on any atom is 0.254 e. The van der Waals surface area contributed by atoms with E-state index in [1.807, 2.05) is 25.1 Å². The molecule has 0 aliphatic carbocycles. The Morgan fingerprint density at radius 1 is 1.22 bits per heavy atom. The van der Waals surface area contributed by atoms with Gasteiger partial charge in [-0.1, -0.05) is 43.7 Å². The van der Waals surface area contributed by atoms with Gasteiger partial charge in [0.15, 0.2) is 0 Å². The van der Waals surface area contributed by atoms with Gasteiger partial charge in [-0.2, -0.15) is 0 Å². The van der Waals surface area contributed by atoms with E-state index >= 15 is 0 Å². The number of amides is 1. The van der Waals surface area contributed by atoms with Crippen LogP contribution in [0.15, 0.2) is 48.5 Å². The molecule has 0 bridgehead atoms. The number of halogens is 1. The molecule has 0 spiro atoms. The second-order valence-electron chi connectivity index (χ2n) is 5.39. The Hall–Kier alpha value is -2.40. The highest BCUT2D eigenvalue weighted by atomic mass is 19.1. The summed E-state index contributed by atoms with van der Waals surface area (Å²) in [6.07, 6.45) is 0.439. The number of benzene rings is 2. The lowest BCUT2D eigenvalue weighted by molar-refractivity contribution is 0.0816. The van der Waals surface area contributed by atoms with Gasteiger partial charge in [0.2, 0.25) is 0 Å². The molecule has 0 unspecified atom stereocenters. The number of phenols is 1. The zero-order chi connectivity index (χ0) is 16.8. The normalized spacial score (nSPS) is 13.3. The highest BCUT2D eigenvalue weighted by molar-refractivity contribution is 5.94. The molecule has 122 valence electrons. The van der Waals surface area contributed by atoms with Crippen molar-refractivity contribution in [3.63, 3.8) is 0 Å². The third-order valence-electron chi connectivity index (χ3n) is 3.64. The molecule has 0 saturated carbocycles. The number of phenolic OH excluding ortho intramolecular Hbond substituents is 1. The molecular formula is C18H20FNO3. The third-order valence-corrected chi connectivity index (χ3v) is 3.64. The van der Waals surface area contributed by atoms with E-state index < -0.39 is 23.9 Å². The van der Waals surface area contributed by atoms with E-state index in [-0.39, 0.29) is 11.3 Å². The van der Waals surface area contributed by atoms with Gasteiger partial charge in [0.05, 0.1) is 17.7 Å². The Labute approximate surface area is 134 Å². The molecule has 3 N–H and O–H groups in total. The van der Waals surface area contributed by atoms with Crippen molar-refractivity contribution in [2.45, 2.75) is 31.9 Å². The summed E-state index contributed by atoms with van der Waals surface area (Å²) >= 11 is 0. The first-order valence-corrected chi connectivity index (χ1v) is 7.55. The van der Waals surface area contributed by atoms with Crippen molar-refractivity contribution < 1.29 is 19.4 Å². The number of carbonyl (C=O) groups excluding carboxylic acids is 1. The monoisotopic (exact) mass is 317 g/mol. The molecule has 0 fully saturated rings. The van der Waals surface area contributed by atoms with Crippen molar-refractivity contribution in [3.8, 4) is 5.75 Å². The number of hydrogen-bond acceptors (Lipinski definition) is 3. The van der Waals surface area contributed by atoms with Crippen LogP contribution in [0.1, 0.15) is 41.8 Å². The second-order valence-corrected chi connectivity index (χ2v) is 5.39.